The minimum Gasteiger partial charge on any atom is -0.368 e. The van der Waals surface area contributed by atoms with Crippen LogP contribution in [0, 0.1) is 0 Å². The summed E-state index contributed by atoms with van der Waals surface area (Å²) in [6.45, 7) is 0.231. The Hall–Kier alpha value is -1.18. The Morgan fingerprint density at radius 3 is 2.29 bits per heavy atom. The van der Waals surface area contributed by atoms with Crippen molar-refractivity contribution in [1.82, 2.24) is 4.90 Å². The first kappa shape index (κ1) is 16.2. The minimum absolute atomic E-state index is 0.107. The molecule has 21 heavy (non-hydrogen) atoms. The van der Waals surface area contributed by atoms with E-state index in [4.69, 9.17) is 5.73 Å². The van der Waals surface area contributed by atoms with Crippen LogP contribution in [0.15, 0.2) is 44.7 Å². The van der Waals surface area contributed by atoms with Crippen LogP contribution in [0.2, 0.25) is 0 Å². The smallest absolute Gasteiger partial charge is 0.264 e. The lowest BCUT2D eigenvalue weighted by Gasteiger charge is -2.20. The molecule has 2 aromatic rings. The topological polar surface area (TPSA) is 63.4 Å². The summed E-state index contributed by atoms with van der Waals surface area (Å²) in [6.07, 6.45) is 0. The third-order valence-electron chi connectivity index (χ3n) is 2.70. The maximum atomic E-state index is 12.5. The molecule has 1 aromatic carbocycles. The largest absolute Gasteiger partial charge is 0.368 e. The van der Waals surface area contributed by atoms with E-state index in [1.165, 1.54) is 16.2 Å². The highest BCUT2D eigenvalue weighted by Crippen LogP contribution is 2.24. The first-order valence-electron chi connectivity index (χ1n) is 6.03. The van der Waals surface area contributed by atoms with Gasteiger partial charge in [-0.3, -0.25) is 9.59 Å². The number of rotatable bonds is 5. The molecule has 0 unspecified atom stereocenters. The number of hydrogen-bond donors (Lipinski definition) is 1. The third kappa shape index (κ3) is 4.66. The summed E-state index contributed by atoms with van der Waals surface area (Å²) in [5.74, 6) is -0.733. The summed E-state index contributed by atoms with van der Waals surface area (Å²) in [5, 5.41) is 0. The van der Waals surface area contributed by atoms with Crippen LogP contribution in [0.4, 0.5) is 0 Å². The third-order valence-corrected chi connectivity index (χ3v) is 4.84. The Labute approximate surface area is 143 Å². The van der Waals surface area contributed by atoms with E-state index in [0.29, 0.717) is 11.4 Å². The Morgan fingerprint density at radius 2 is 1.76 bits per heavy atom. The molecule has 0 fully saturated rings. The summed E-state index contributed by atoms with van der Waals surface area (Å²) >= 11 is 8.02. The average Bonchev–Trinajstić information content (AvgIpc) is 2.86. The van der Waals surface area contributed by atoms with Crippen LogP contribution in [0.25, 0.3) is 0 Å². The number of amides is 2. The molecule has 0 atom stereocenters. The van der Waals surface area contributed by atoms with Gasteiger partial charge in [0.25, 0.3) is 5.91 Å². The molecule has 0 spiro atoms. The van der Waals surface area contributed by atoms with E-state index < -0.39 is 5.91 Å². The van der Waals surface area contributed by atoms with Gasteiger partial charge in [-0.25, -0.2) is 0 Å². The fourth-order valence-electron chi connectivity index (χ4n) is 1.78. The monoisotopic (exact) mass is 430 g/mol. The molecule has 110 valence electrons. The molecule has 4 nitrogen and oxygen atoms in total. The fraction of sp³-hybridized carbons (Fsp3) is 0.143. The van der Waals surface area contributed by atoms with Gasteiger partial charge in [0.05, 0.1) is 8.66 Å². The number of thiophene rings is 1. The van der Waals surface area contributed by atoms with Crippen molar-refractivity contribution < 1.29 is 9.59 Å². The van der Waals surface area contributed by atoms with Crippen LogP contribution in [0.3, 0.4) is 0 Å². The Balaban J connectivity index is 2.19. The second-order valence-corrected chi connectivity index (χ2v) is 7.74. The number of primary amides is 1. The van der Waals surface area contributed by atoms with Crippen molar-refractivity contribution in [2.24, 2.45) is 5.73 Å². The number of hydrogen-bond acceptors (Lipinski definition) is 3. The van der Waals surface area contributed by atoms with Crippen LogP contribution in [-0.4, -0.2) is 23.3 Å². The zero-order valence-corrected chi connectivity index (χ0v) is 14.9. The van der Waals surface area contributed by atoms with E-state index >= 15 is 0 Å². The van der Waals surface area contributed by atoms with Crippen molar-refractivity contribution >= 4 is 55.0 Å². The predicted molar refractivity (Wildman–Crippen MR) is 90.1 cm³/mol. The molecular weight excluding hydrogens is 420 g/mol. The van der Waals surface area contributed by atoms with Crippen molar-refractivity contribution in [2.75, 3.05) is 6.54 Å². The first-order valence-corrected chi connectivity index (χ1v) is 8.43. The van der Waals surface area contributed by atoms with E-state index in [2.05, 4.69) is 31.9 Å². The van der Waals surface area contributed by atoms with Gasteiger partial charge < -0.3 is 10.6 Å². The molecule has 0 saturated heterocycles. The van der Waals surface area contributed by atoms with Crippen LogP contribution in [0.5, 0.6) is 0 Å². The maximum Gasteiger partial charge on any atom is 0.264 e. The first-order chi connectivity index (χ1) is 9.95. The molecule has 1 heterocycles. The van der Waals surface area contributed by atoms with Gasteiger partial charge in [-0.05, 0) is 45.8 Å². The Bertz CT molecular complexity index is 655. The summed E-state index contributed by atoms with van der Waals surface area (Å²) in [7, 11) is 0. The maximum absolute atomic E-state index is 12.5. The minimum atomic E-state index is -0.531. The zero-order chi connectivity index (χ0) is 15.4. The predicted octanol–water partition coefficient (Wildman–Crippen LogP) is 3.40. The normalized spacial score (nSPS) is 10.4. The number of nitrogens with two attached hydrogens (primary N) is 1. The molecule has 7 heteroatoms. The highest BCUT2D eigenvalue weighted by Gasteiger charge is 2.19. The number of carbonyl (C=O) groups is 2. The molecule has 0 aliphatic heterocycles. The van der Waals surface area contributed by atoms with Crippen molar-refractivity contribution in [3.05, 3.63) is 55.1 Å². The highest BCUT2D eigenvalue weighted by molar-refractivity contribution is 9.11. The lowest BCUT2D eigenvalue weighted by Crippen LogP contribution is -2.37. The van der Waals surface area contributed by atoms with Gasteiger partial charge >= 0.3 is 0 Å². The van der Waals surface area contributed by atoms with Gasteiger partial charge in [0.2, 0.25) is 5.91 Å². The van der Waals surface area contributed by atoms with E-state index in [0.717, 1.165) is 13.8 Å². The van der Waals surface area contributed by atoms with E-state index in [9.17, 15) is 9.59 Å². The van der Waals surface area contributed by atoms with E-state index in [-0.39, 0.29) is 12.5 Å². The second-order valence-electron chi connectivity index (χ2n) is 4.36. The average molecular weight is 432 g/mol. The summed E-state index contributed by atoms with van der Waals surface area (Å²) < 4.78 is 1.83. The molecule has 2 rings (SSSR count). The fourth-order valence-corrected chi connectivity index (χ4v) is 3.40. The SMILES string of the molecule is NC(=O)CN(Cc1ccc(Br)cc1)C(=O)c1ccc(Br)s1. The molecule has 0 saturated carbocycles. The number of nitrogens with zero attached hydrogens (tertiary/aromatic N) is 1. The quantitative estimate of drug-likeness (QED) is 0.788. The molecule has 2 amide bonds. The van der Waals surface area contributed by atoms with Crippen LogP contribution < -0.4 is 5.73 Å². The summed E-state index contributed by atoms with van der Waals surface area (Å²) in [6, 6.07) is 11.1. The van der Waals surface area contributed by atoms with Gasteiger partial charge in [-0.15, -0.1) is 11.3 Å². The summed E-state index contributed by atoms with van der Waals surface area (Å²) in [5.41, 5.74) is 6.18. The van der Waals surface area contributed by atoms with Gasteiger partial charge in [-0.2, -0.15) is 0 Å². The number of benzene rings is 1. The molecule has 0 aliphatic carbocycles. The van der Waals surface area contributed by atoms with E-state index in [1.54, 1.807) is 12.1 Å². The van der Waals surface area contributed by atoms with Gasteiger partial charge in [0.15, 0.2) is 0 Å². The number of carbonyl (C=O) groups excluding carboxylic acids is 2. The molecule has 0 radical (unpaired) electrons. The van der Waals surface area contributed by atoms with Gasteiger partial charge in [0, 0.05) is 11.0 Å². The molecule has 1 aromatic heterocycles. The highest BCUT2D eigenvalue weighted by atomic mass is 79.9. The van der Waals surface area contributed by atoms with Crippen LogP contribution in [0.1, 0.15) is 15.2 Å². The van der Waals surface area contributed by atoms with E-state index in [1.807, 2.05) is 24.3 Å². The molecule has 2 N–H and O–H groups in total. The number of halogens is 2. The molecule has 0 aliphatic rings. The standard InChI is InChI=1S/C14H12Br2N2O2S/c15-10-3-1-9(2-4-10)7-18(8-13(17)19)14(20)11-5-6-12(16)21-11/h1-6H,7-8H2,(H2,17,19). The molecular formula is C14H12Br2N2O2S. The molecule has 0 bridgehead atoms. The van der Waals surface area contributed by atoms with Crippen molar-refractivity contribution in [3.63, 3.8) is 0 Å². The van der Waals surface area contributed by atoms with Crippen molar-refractivity contribution in [3.8, 4) is 0 Å². The zero-order valence-electron chi connectivity index (χ0n) is 10.9. The van der Waals surface area contributed by atoms with Gasteiger partial charge in [0.1, 0.15) is 6.54 Å². The Kier molecular flexibility index (Phi) is 5.55. The lowest BCUT2D eigenvalue weighted by molar-refractivity contribution is -0.118. The second kappa shape index (κ2) is 7.20. The lowest BCUT2D eigenvalue weighted by atomic mass is 10.2. The Morgan fingerprint density at radius 1 is 1.10 bits per heavy atom. The van der Waals surface area contributed by atoms with Gasteiger partial charge in [-0.1, -0.05) is 28.1 Å². The van der Waals surface area contributed by atoms with Crippen molar-refractivity contribution in [2.45, 2.75) is 6.54 Å². The summed E-state index contributed by atoms with van der Waals surface area (Å²) in [4.78, 5) is 25.7. The van der Waals surface area contributed by atoms with Crippen LogP contribution >= 0.6 is 43.2 Å². The van der Waals surface area contributed by atoms with Crippen molar-refractivity contribution in [1.29, 1.82) is 0 Å². The van der Waals surface area contributed by atoms with Crippen LogP contribution in [-0.2, 0) is 11.3 Å².